The van der Waals surface area contributed by atoms with Crippen molar-refractivity contribution in [1.29, 1.82) is 0 Å². The monoisotopic (exact) mass is 511 g/mol. The van der Waals surface area contributed by atoms with Gasteiger partial charge in [-0.2, -0.15) is 0 Å². The number of aliphatic carboxylic acids is 2. The normalized spacial score (nSPS) is 15.0. The minimum Gasteiger partial charge on any atom is -0.481 e. The Kier molecular flexibility index (Phi) is 12.0. The van der Waals surface area contributed by atoms with Gasteiger partial charge in [-0.15, -0.1) is 0 Å². The van der Waals surface area contributed by atoms with E-state index in [4.69, 9.17) is 16.6 Å². The molecule has 0 radical (unpaired) electrons. The number of carboxylic acids is 2. The summed E-state index contributed by atoms with van der Waals surface area (Å²) in [4.78, 5) is 78.6. The summed E-state index contributed by atoms with van der Waals surface area (Å²) in [6.07, 6.45) is 2.01. The quantitative estimate of drug-likeness (QED) is 0.117. The highest BCUT2D eigenvalue weighted by atomic mass is 16.4. The number of nitrogens with one attached hydrogen (secondary N) is 4. The number of nitrogens with zero attached hydrogens (tertiary/aromatic N) is 1. The van der Waals surface area contributed by atoms with Crippen molar-refractivity contribution in [1.82, 2.24) is 25.9 Å². The molecule has 15 heteroatoms. The second-order valence-electron chi connectivity index (χ2n) is 8.32. The van der Waals surface area contributed by atoms with Crippen LogP contribution < -0.4 is 27.4 Å². The summed E-state index contributed by atoms with van der Waals surface area (Å²) in [7, 11) is 0. The van der Waals surface area contributed by atoms with E-state index in [-0.39, 0.29) is 19.3 Å². The summed E-state index contributed by atoms with van der Waals surface area (Å²) < 4.78 is 0. The maximum atomic E-state index is 13.1. The van der Waals surface area contributed by atoms with Crippen molar-refractivity contribution >= 4 is 35.6 Å². The molecule has 0 aliphatic heterocycles. The second kappa shape index (κ2) is 14.4. The predicted molar refractivity (Wildman–Crippen MR) is 124 cm³/mol. The molecule has 200 valence electrons. The Morgan fingerprint density at radius 3 is 2.17 bits per heavy atom. The highest BCUT2D eigenvalue weighted by Gasteiger charge is 2.33. The molecule has 0 aliphatic rings. The zero-order valence-electron chi connectivity index (χ0n) is 20.0. The van der Waals surface area contributed by atoms with E-state index >= 15 is 0 Å². The van der Waals surface area contributed by atoms with Gasteiger partial charge < -0.3 is 42.6 Å². The van der Waals surface area contributed by atoms with Gasteiger partial charge in [0.05, 0.1) is 18.8 Å². The molecule has 1 aromatic heterocycles. The average Bonchev–Trinajstić information content (AvgIpc) is 3.31. The summed E-state index contributed by atoms with van der Waals surface area (Å²) in [5, 5.41) is 25.1. The van der Waals surface area contributed by atoms with Crippen LogP contribution in [0.25, 0.3) is 0 Å². The summed E-state index contributed by atoms with van der Waals surface area (Å²) in [5.41, 5.74) is 11.7. The highest BCUT2D eigenvalue weighted by Crippen LogP contribution is 2.10. The van der Waals surface area contributed by atoms with Gasteiger partial charge in [0.1, 0.15) is 18.1 Å². The number of rotatable bonds is 16. The summed E-state index contributed by atoms with van der Waals surface area (Å²) in [6, 6.07) is -5.32. The van der Waals surface area contributed by atoms with Crippen molar-refractivity contribution in [3.05, 3.63) is 18.2 Å². The number of primary amides is 1. The largest absolute Gasteiger partial charge is 0.481 e. The Labute approximate surface area is 206 Å². The average molecular weight is 512 g/mol. The van der Waals surface area contributed by atoms with E-state index in [0.717, 1.165) is 0 Å². The summed E-state index contributed by atoms with van der Waals surface area (Å²) in [6.45, 7) is 3.47. The lowest BCUT2D eigenvalue weighted by Gasteiger charge is -2.27. The van der Waals surface area contributed by atoms with Gasteiger partial charge in [-0.05, 0) is 12.3 Å². The number of amides is 4. The van der Waals surface area contributed by atoms with E-state index in [1.54, 1.807) is 13.8 Å². The molecule has 5 unspecified atom stereocenters. The van der Waals surface area contributed by atoms with Crippen LogP contribution in [-0.4, -0.2) is 79.9 Å². The van der Waals surface area contributed by atoms with Gasteiger partial charge in [0.25, 0.3) is 0 Å². The fourth-order valence-electron chi connectivity index (χ4n) is 3.15. The van der Waals surface area contributed by atoms with Gasteiger partial charge in [0.2, 0.25) is 23.6 Å². The molecule has 10 N–H and O–H groups in total. The van der Waals surface area contributed by atoms with Crippen LogP contribution in [0.15, 0.2) is 12.5 Å². The Morgan fingerprint density at radius 2 is 1.67 bits per heavy atom. The zero-order chi connectivity index (χ0) is 27.4. The van der Waals surface area contributed by atoms with Crippen LogP contribution in [0.3, 0.4) is 0 Å². The molecule has 0 aromatic carbocycles. The Hall–Kier alpha value is -4.01. The molecular weight excluding hydrogens is 478 g/mol. The SMILES string of the molecule is CCC(C)C(NC(=O)C(N)Cc1cnc[nH]1)C(=O)NC(CCC(N)=O)C(=O)NC(CC(=O)O)C(=O)O. The van der Waals surface area contributed by atoms with Crippen LogP contribution in [0.4, 0.5) is 0 Å². The Morgan fingerprint density at radius 1 is 1.03 bits per heavy atom. The van der Waals surface area contributed by atoms with Crippen molar-refractivity contribution < 1.29 is 39.0 Å². The number of imidazole rings is 1. The van der Waals surface area contributed by atoms with Gasteiger partial charge in [0, 0.05) is 24.7 Å². The number of nitrogens with two attached hydrogens (primary N) is 2. The number of hydrogen-bond donors (Lipinski definition) is 8. The first kappa shape index (κ1) is 30.0. The molecule has 0 aliphatic carbocycles. The number of aromatic nitrogens is 2. The van der Waals surface area contributed by atoms with E-state index in [1.807, 2.05) is 5.32 Å². The lowest BCUT2D eigenvalue weighted by atomic mass is 9.96. The fraction of sp³-hybridized carbons (Fsp3) is 0.571. The first-order valence-corrected chi connectivity index (χ1v) is 11.2. The Bertz CT molecular complexity index is 937. The smallest absolute Gasteiger partial charge is 0.326 e. The molecule has 36 heavy (non-hydrogen) atoms. The van der Waals surface area contributed by atoms with E-state index in [9.17, 15) is 33.9 Å². The van der Waals surface area contributed by atoms with Crippen molar-refractivity contribution in [3.63, 3.8) is 0 Å². The van der Waals surface area contributed by atoms with Crippen molar-refractivity contribution in [2.24, 2.45) is 17.4 Å². The molecule has 0 saturated carbocycles. The number of carbonyl (C=O) groups is 6. The summed E-state index contributed by atoms with van der Waals surface area (Å²) in [5.74, 6) is -6.67. The maximum absolute atomic E-state index is 13.1. The third-order valence-electron chi connectivity index (χ3n) is 5.43. The maximum Gasteiger partial charge on any atom is 0.326 e. The van der Waals surface area contributed by atoms with Gasteiger partial charge >= 0.3 is 11.9 Å². The molecule has 4 amide bonds. The minimum absolute atomic E-state index is 0.129. The number of aromatic amines is 1. The van der Waals surface area contributed by atoms with Crippen LogP contribution in [0.1, 0.15) is 45.2 Å². The van der Waals surface area contributed by atoms with Gasteiger partial charge in [0.15, 0.2) is 0 Å². The molecular formula is C21H33N7O8. The molecule has 5 atom stereocenters. The second-order valence-corrected chi connectivity index (χ2v) is 8.32. The molecule has 0 spiro atoms. The van der Waals surface area contributed by atoms with Crippen molar-refractivity contribution in [3.8, 4) is 0 Å². The molecule has 0 bridgehead atoms. The number of H-pyrrole nitrogens is 1. The highest BCUT2D eigenvalue weighted by molar-refractivity contribution is 5.95. The molecule has 0 saturated heterocycles. The standard InChI is InChI=1S/C21H33N7O8/c1-3-10(2)17(28-18(32)12(22)6-11-8-24-9-25-11)20(34)26-13(4-5-15(23)29)19(33)27-14(21(35)36)7-16(30)31/h8-10,12-14,17H,3-7,22H2,1-2H3,(H2,23,29)(H,24,25)(H,26,34)(H,27,33)(H,28,32)(H,30,31)(H,35,36). The number of hydrogen-bond acceptors (Lipinski definition) is 8. The third kappa shape index (κ3) is 10.1. The van der Waals surface area contributed by atoms with Crippen molar-refractivity contribution in [2.45, 2.75) is 70.1 Å². The van der Waals surface area contributed by atoms with E-state index in [2.05, 4.69) is 20.6 Å². The molecule has 15 nitrogen and oxygen atoms in total. The molecule has 1 rings (SSSR count). The third-order valence-corrected chi connectivity index (χ3v) is 5.43. The van der Waals surface area contributed by atoms with E-state index < -0.39 is 72.1 Å². The number of carboxylic acid groups (broad SMARTS) is 2. The van der Waals surface area contributed by atoms with Gasteiger partial charge in [-0.25, -0.2) is 9.78 Å². The first-order chi connectivity index (χ1) is 16.8. The predicted octanol–water partition coefficient (Wildman–Crippen LogP) is -2.40. The zero-order valence-corrected chi connectivity index (χ0v) is 20.0. The van der Waals surface area contributed by atoms with Crippen LogP contribution in [0.2, 0.25) is 0 Å². The fourth-order valence-corrected chi connectivity index (χ4v) is 3.15. The lowest BCUT2D eigenvalue weighted by Crippen LogP contribution is -2.59. The first-order valence-electron chi connectivity index (χ1n) is 11.2. The van der Waals surface area contributed by atoms with Crippen LogP contribution in [0, 0.1) is 5.92 Å². The van der Waals surface area contributed by atoms with Gasteiger partial charge in [-0.1, -0.05) is 20.3 Å². The van der Waals surface area contributed by atoms with Crippen LogP contribution >= 0.6 is 0 Å². The topological polar surface area (TPSA) is 260 Å². The Balaban J connectivity index is 3.01. The van der Waals surface area contributed by atoms with Crippen LogP contribution in [-0.2, 0) is 35.2 Å². The molecule has 1 heterocycles. The number of carbonyl (C=O) groups excluding carboxylic acids is 4. The van der Waals surface area contributed by atoms with E-state index in [0.29, 0.717) is 12.1 Å². The van der Waals surface area contributed by atoms with E-state index in [1.165, 1.54) is 12.5 Å². The lowest BCUT2D eigenvalue weighted by molar-refractivity contribution is -0.147. The van der Waals surface area contributed by atoms with Crippen molar-refractivity contribution in [2.75, 3.05) is 0 Å². The van der Waals surface area contributed by atoms with Crippen LogP contribution in [0.5, 0.6) is 0 Å². The molecule has 1 aromatic rings. The molecule has 0 fully saturated rings. The summed E-state index contributed by atoms with van der Waals surface area (Å²) >= 11 is 0. The van der Waals surface area contributed by atoms with Gasteiger partial charge in [-0.3, -0.25) is 24.0 Å². The minimum atomic E-state index is -1.77.